The number of hydrogen-bond donors (Lipinski definition) is 1. The van der Waals surface area contributed by atoms with Crippen LogP contribution in [0.15, 0.2) is 58.8 Å². The van der Waals surface area contributed by atoms with E-state index in [-0.39, 0.29) is 11.4 Å². The van der Waals surface area contributed by atoms with Crippen LogP contribution >= 0.6 is 11.3 Å². The van der Waals surface area contributed by atoms with E-state index < -0.39 is 15.9 Å². The SMILES string of the molecule is Cc1ccc(S(=O)(=O)N(C)CC(=O)Nc2cccc(-c3csc(C)n3)c2)cc1. The van der Waals surface area contributed by atoms with Crippen molar-refractivity contribution in [2.45, 2.75) is 18.7 Å². The Morgan fingerprint density at radius 2 is 1.86 bits per heavy atom. The third kappa shape index (κ3) is 4.64. The standard InChI is InChI=1S/C20H21N3O3S2/c1-14-7-9-18(10-8-14)28(25,26)23(3)12-20(24)22-17-6-4-5-16(11-17)19-13-27-15(2)21-19/h4-11,13H,12H2,1-3H3,(H,22,24). The maximum absolute atomic E-state index is 12.6. The minimum Gasteiger partial charge on any atom is -0.325 e. The fraction of sp³-hybridized carbons (Fsp3) is 0.200. The molecule has 0 unspecified atom stereocenters. The van der Waals surface area contributed by atoms with Gasteiger partial charge in [0.15, 0.2) is 0 Å². The first-order valence-corrected chi connectivity index (χ1v) is 10.9. The number of carbonyl (C=O) groups is 1. The summed E-state index contributed by atoms with van der Waals surface area (Å²) in [6.07, 6.45) is 0. The number of thiazole rings is 1. The quantitative estimate of drug-likeness (QED) is 0.666. The summed E-state index contributed by atoms with van der Waals surface area (Å²) in [6.45, 7) is 3.54. The van der Waals surface area contributed by atoms with Gasteiger partial charge in [-0.1, -0.05) is 29.8 Å². The van der Waals surface area contributed by atoms with Crippen LogP contribution in [-0.2, 0) is 14.8 Å². The molecule has 1 amide bonds. The molecule has 0 bridgehead atoms. The van der Waals surface area contributed by atoms with Crippen LogP contribution < -0.4 is 5.32 Å². The number of hydrogen-bond acceptors (Lipinski definition) is 5. The number of likely N-dealkylation sites (N-methyl/N-ethyl adjacent to an activating group) is 1. The number of nitrogens with zero attached hydrogens (tertiary/aromatic N) is 2. The summed E-state index contributed by atoms with van der Waals surface area (Å²) < 4.78 is 26.3. The predicted octanol–water partition coefficient (Wildman–Crippen LogP) is 3.69. The van der Waals surface area contributed by atoms with E-state index in [4.69, 9.17) is 0 Å². The number of nitrogens with one attached hydrogen (secondary N) is 1. The molecule has 0 spiro atoms. The Kier molecular flexibility index (Phi) is 5.93. The minimum absolute atomic E-state index is 0.161. The van der Waals surface area contributed by atoms with E-state index in [1.54, 1.807) is 41.7 Å². The van der Waals surface area contributed by atoms with Gasteiger partial charge in [-0.15, -0.1) is 11.3 Å². The van der Waals surface area contributed by atoms with Gasteiger partial charge in [0.1, 0.15) is 0 Å². The van der Waals surface area contributed by atoms with E-state index in [0.717, 1.165) is 26.1 Å². The minimum atomic E-state index is -3.73. The Bertz CT molecular complexity index is 1090. The van der Waals surface area contributed by atoms with Gasteiger partial charge in [0, 0.05) is 23.7 Å². The van der Waals surface area contributed by atoms with Gasteiger partial charge in [-0.25, -0.2) is 13.4 Å². The summed E-state index contributed by atoms with van der Waals surface area (Å²) in [6, 6.07) is 13.9. The molecule has 0 fully saturated rings. The van der Waals surface area contributed by atoms with E-state index in [9.17, 15) is 13.2 Å². The first kappa shape index (κ1) is 20.2. The van der Waals surface area contributed by atoms with Gasteiger partial charge in [0.25, 0.3) is 0 Å². The summed E-state index contributed by atoms with van der Waals surface area (Å²) in [5, 5.41) is 5.67. The number of amides is 1. The Morgan fingerprint density at radius 3 is 2.50 bits per heavy atom. The number of sulfonamides is 1. The van der Waals surface area contributed by atoms with Crippen molar-refractivity contribution >= 4 is 33.0 Å². The monoisotopic (exact) mass is 415 g/mol. The van der Waals surface area contributed by atoms with Crippen LogP contribution in [0, 0.1) is 13.8 Å². The smallest absolute Gasteiger partial charge is 0.243 e. The lowest BCUT2D eigenvalue weighted by Crippen LogP contribution is -2.34. The fourth-order valence-electron chi connectivity index (χ4n) is 2.63. The summed E-state index contributed by atoms with van der Waals surface area (Å²) in [5.41, 5.74) is 3.30. The molecule has 1 N–H and O–H groups in total. The second-order valence-electron chi connectivity index (χ2n) is 6.45. The maximum atomic E-state index is 12.6. The van der Waals surface area contributed by atoms with E-state index >= 15 is 0 Å². The molecule has 0 saturated heterocycles. The Labute approximate surface area is 168 Å². The molecule has 8 heteroatoms. The van der Waals surface area contributed by atoms with Crippen molar-refractivity contribution in [1.82, 2.24) is 9.29 Å². The van der Waals surface area contributed by atoms with Crippen molar-refractivity contribution in [2.75, 3.05) is 18.9 Å². The highest BCUT2D eigenvalue weighted by Gasteiger charge is 2.22. The summed E-state index contributed by atoms with van der Waals surface area (Å²) in [4.78, 5) is 17.0. The van der Waals surface area contributed by atoms with Gasteiger partial charge in [0.2, 0.25) is 15.9 Å². The third-order valence-electron chi connectivity index (χ3n) is 4.16. The molecule has 0 radical (unpaired) electrons. The number of aryl methyl sites for hydroxylation is 2. The first-order valence-electron chi connectivity index (χ1n) is 8.61. The Hall–Kier alpha value is -2.55. The van der Waals surface area contributed by atoms with Crippen molar-refractivity contribution in [3.63, 3.8) is 0 Å². The fourth-order valence-corrected chi connectivity index (χ4v) is 4.38. The second kappa shape index (κ2) is 8.22. The van der Waals surface area contributed by atoms with E-state index in [0.29, 0.717) is 5.69 Å². The van der Waals surface area contributed by atoms with E-state index in [1.807, 2.05) is 37.4 Å². The molecule has 1 heterocycles. The van der Waals surface area contributed by atoms with Gasteiger partial charge < -0.3 is 5.32 Å². The van der Waals surface area contributed by atoms with Crippen LogP contribution in [0.3, 0.4) is 0 Å². The van der Waals surface area contributed by atoms with E-state index in [2.05, 4.69) is 10.3 Å². The molecule has 0 atom stereocenters. The molecule has 0 aliphatic rings. The molecule has 146 valence electrons. The summed E-state index contributed by atoms with van der Waals surface area (Å²) in [7, 11) is -2.34. The molecule has 3 rings (SSSR count). The van der Waals surface area contributed by atoms with E-state index in [1.165, 1.54) is 7.05 Å². The predicted molar refractivity (Wildman–Crippen MR) is 112 cm³/mol. The number of anilines is 1. The van der Waals surface area contributed by atoms with Crippen molar-refractivity contribution in [3.8, 4) is 11.3 Å². The average molecular weight is 416 g/mol. The highest BCUT2D eigenvalue weighted by Crippen LogP contribution is 2.24. The third-order valence-corrected chi connectivity index (χ3v) is 6.75. The van der Waals surface area contributed by atoms with Crippen molar-refractivity contribution in [2.24, 2.45) is 0 Å². The number of carbonyl (C=O) groups excluding carboxylic acids is 1. The van der Waals surface area contributed by atoms with Gasteiger partial charge in [-0.2, -0.15) is 4.31 Å². The summed E-state index contributed by atoms with van der Waals surface area (Å²) >= 11 is 1.56. The van der Waals surface area contributed by atoms with Crippen molar-refractivity contribution < 1.29 is 13.2 Å². The van der Waals surface area contributed by atoms with Crippen molar-refractivity contribution in [1.29, 1.82) is 0 Å². The molecule has 3 aromatic rings. The largest absolute Gasteiger partial charge is 0.325 e. The number of aromatic nitrogens is 1. The van der Waals surface area contributed by atoms with Crippen LogP contribution in [-0.4, -0.2) is 37.2 Å². The van der Waals surface area contributed by atoms with Crippen LogP contribution in [0.1, 0.15) is 10.6 Å². The van der Waals surface area contributed by atoms with Gasteiger partial charge in [-0.05, 0) is 38.1 Å². The Morgan fingerprint density at radius 1 is 1.14 bits per heavy atom. The first-order chi connectivity index (χ1) is 13.3. The molecular formula is C20H21N3O3S2. The summed E-state index contributed by atoms with van der Waals surface area (Å²) in [5.74, 6) is -0.412. The average Bonchev–Trinajstić information content (AvgIpc) is 3.08. The zero-order valence-electron chi connectivity index (χ0n) is 15.8. The van der Waals surface area contributed by atoms with Gasteiger partial charge in [0.05, 0.1) is 22.1 Å². The Balaban J connectivity index is 1.69. The number of benzene rings is 2. The topological polar surface area (TPSA) is 79.4 Å². The second-order valence-corrected chi connectivity index (χ2v) is 9.56. The molecule has 2 aromatic carbocycles. The molecule has 1 aromatic heterocycles. The van der Waals surface area contributed by atoms with Crippen molar-refractivity contribution in [3.05, 3.63) is 64.5 Å². The normalized spacial score (nSPS) is 11.6. The van der Waals surface area contributed by atoms with Crippen LogP contribution in [0.25, 0.3) is 11.3 Å². The zero-order valence-corrected chi connectivity index (χ0v) is 17.5. The molecule has 0 saturated carbocycles. The molecule has 0 aliphatic heterocycles. The number of rotatable bonds is 6. The molecule has 28 heavy (non-hydrogen) atoms. The molecule has 0 aliphatic carbocycles. The van der Waals surface area contributed by atoms with Gasteiger partial charge >= 0.3 is 0 Å². The lowest BCUT2D eigenvalue weighted by molar-refractivity contribution is -0.116. The lowest BCUT2D eigenvalue weighted by atomic mass is 10.1. The highest BCUT2D eigenvalue weighted by atomic mass is 32.2. The lowest BCUT2D eigenvalue weighted by Gasteiger charge is -2.17. The van der Waals surface area contributed by atoms with Gasteiger partial charge in [-0.3, -0.25) is 4.79 Å². The zero-order chi connectivity index (χ0) is 20.3. The van der Waals surface area contributed by atoms with Crippen LogP contribution in [0.2, 0.25) is 0 Å². The molecule has 6 nitrogen and oxygen atoms in total. The molecular weight excluding hydrogens is 394 g/mol. The van der Waals surface area contributed by atoms with Crippen LogP contribution in [0.4, 0.5) is 5.69 Å². The van der Waals surface area contributed by atoms with Crippen LogP contribution in [0.5, 0.6) is 0 Å². The highest BCUT2D eigenvalue weighted by molar-refractivity contribution is 7.89. The maximum Gasteiger partial charge on any atom is 0.243 e.